The van der Waals surface area contributed by atoms with Gasteiger partial charge in [0.1, 0.15) is 11.5 Å². The fourth-order valence-corrected chi connectivity index (χ4v) is 2.48. The fraction of sp³-hybridized carbons (Fsp3) is 0.333. The summed E-state index contributed by atoms with van der Waals surface area (Å²) in [6.45, 7) is 4.03. The molecule has 1 atom stereocenters. The Morgan fingerprint density at radius 2 is 1.71 bits per heavy atom. The maximum absolute atomic E-state index is 6.51. The lowest BCUT2D eigenvalue weighted by molar-refractivity contribution is 0.242. The van der Waals surface area contributed by atoms with Gasteiger partial charge in [0.2, 0.25) is 0 Å². The van der Waals surface area contributed by atoms with Gasteiger partial charge in [-0.1, -0.05) is 24.3 Å². The average Bonchev–Trinajstić information content (AvgIpc) is 2.47. The summed E-state index contributed by atoms with van der Waals surface area (Å²) in [5, 5.41) is -0.0646. The van der Waals surface area contributed by atoms with E-state index in [9.17, 15) is 0 Å². The maximum Gasteiger partial charge on any atom is 0.119 e. The molecule has 2 aromatic rings. The maximum atomic E-state index is 6.51. The highest BCUT2D eigenvalue weighted by molar-refractivity contribution is 6.20. The van der Waals surface area contributed by atoms with Crippen molar-refractivity contribution in [2.24, 2.45) is 0 Å². The van der Waals surface area contributed by atoms with Gasteiger partial charge < -0.3 is 9.47 Å². The van der Waals surface area contributed by atoms with E-state index in [1.165, 1.54) is 0 Å². The van der Waals surface area contributed by atoms with Crippen LogP contribution in [0.15, 0.2) is 48.5 Å². The monoisotopic (exact) mass is 304 g/mol. The minimum absolute atomic E-state index is 0.0646. The number of benzene rings is 2. The lowest BCUT2D eigenvalue weighted by atomic mass is 10.0. The molecule has 0 bridgehead atoms. The highest BCUT2D eigenvalue weighted by atomic mass is 35.5. The molecule has 0 N–H and O–H groups in total. The predicted molar refractivity (Wildman–Crippen MR) is 87.5 cm³/mol. The zero-order valence-corrected chi connectivity index (χ0v) is 13.4. The van der Waals surface area contributed by atoms with E-state index in [2.05, 4.69) is 6.07 Å². The number of hydrogen-bond acceptors (Lipinski definition) is 2. The van der Waals surface area contributed by atoms with Gasteiger partial charge in [0.15, 0.2) is 0 Å². The van der Waals surface area contributed by atoms with E-state index in [4.69, 9.17) is 21.1 Å². The van der Waals surface area contributed by atoms with E-state index in [1.807, 2.05) is 56.3 Å². The first kappa shape index (κ1) is 15.7. The minimum atomic E-state index is -0.0646. The van der Waals surface area contributed by atoms with Gasteiger partial charge in [-0.15, -0.1) is 11.6 Å². The van der Waals surface area contributed by atoms with Gasteiger partial charge in [-0.25, -0.2) is 0 Å². The predicted octanol–water partition coefficient (Wildman–Crippen LogP) is 5.01. The molecule has 3 heteroatoms. The number of hydrogen-bond donors (Lipinski definition) is 0. The van der Waals surface area contributed by atoms with Gasteiger partial charge >= 0.3 is 0 Å². The Morgan fingerprint density at radius 1 is 1.00 bits per heavy atom. The van der Waals surface area contributed by atoms with E-state index in [0.717, 1.165) is 29.0 Å². The first-order valence-corrected chi connectivity index (χ1v) is 7.55. The SMILES string of the molecule is COc1cccc(CC(Cl)c2ccc(OC(C)C)cc2)c1. The Hall–Kier alpha value is -1.67. The summed E-state index contributed by atoms with van der Waals surface area (Å²) < 4.78 is 10.9. The first-order valence-electron chi connectivity index (χ1n) is 7.12. The van der Waals surface area contributed by atoms with Crippen LogP contribution in [0.1, 0.15) is 30.4 Å². The zero-order chi connectivity index (χ0) is 15.2. The molecule has 0 aliphatic carbocycles. The summed E-state index contributed by atoms with van der Waals surface area (Å²) in [7, 11) is 1.67. The van der Waals surface area contributed by atoms with Crippen LogP contribution in [0.3, 0.4) is 0 Å². The molecule has 0 aliphatic heterocycles. The second-order valence-corrected chi connectivity index (χ2v) is 5.79. The molecule has 0 aromatic heterocycles. The molecular formula is C18H21ClO2. The first-order chi connectivity index (χ1) is 10.1. The summed E-state index contributed by atoms with van der Waals surface area (Å²) in [4.78, 5) is 0. The molecule has 0 saturated carbocycles. The van der Waals surface area contributed by atoms with E-state index < -0.39 is 0 Å². The Morgan fingerprint density at radius 3 is 2.33 bits per heavy atom. The third-order valence-electron chi connectivity index (χ3n) is 3.16. The van der Waals surface area contributed by atoms with Crippen LogP contribution in [0.4, 0.5) is 0 Å². The number of halogens is 1. The van der Waals surface area contributed by atoms with Crippen molar-refractivity contribution in [3.63, 3.8) is 0 Å². The largest absolute Gasteiger partial charge is 0.497 e. The summed E-state index contributed by atoms with van der Waals surface area (Å²) in [5.74, 6) is 1.73. The topological polar surface area (TPSA) is 18.5 Å². The molecule has 0 radical (unpaired) electrons. The molecule has 2 nitrogen and oxygen atoms in total. The van der Waals surface area contributed by atoms with Crippen molar-refractivity contribution in [2.75, 3.05) is 7.11 Å². The molecule has 2 aromatic carbocycles. The average molecular weight is 305 g/mol. The Labute approximate surface area is 131 Å². The van der Waals surface area contributed by atoms with Crippen LogP contribution in [0.25, 0.3) is 0 Å². The molecule has 2 rings (SSSR count). The molecule has 1 unspecified atom stereocenters. The van der Waals surface area contributed by atoms with E-state index >= 15 is 0 Å². The third kappa shape index (κ3) is 4.68. The highest BCUT2D eigenvalue weighted by Gasteiger charge is 2.10. The molecule has 0 saturated heterocycles. The van der Waals surface area contributed by atoms with Crippen LogP contribution in [-0.4, -0.2) is 13.2 Å². The Balaban J connectivity index is 2.03. The van der Waals surface area contributed by atoms with Gasteiger partial charge in [-0.2, -0.15) is 0 Å². The van der Waals surface area contributed by atoms with Crippen molar-refractivity contribution in [3.05, 3.63) is 59.7 Å². The number of methoxy groups -OCH3 is 1. The van der Waals surface area contributed by atoms with Crippen molar-refractivity contribution < 1.29 is 9.47 Å². The molecule has 0 amide bonds. The minimum Gasteiger partial charge on any atom is -0.497 e. The van der Waals surface area contributed by atoms with Crippen molar-refractivity contribution in [1.82, 2.24) is 0 Å². The summed E-state index contributed by atoms with van der Waals surface area (Å²) >= 11 is 6.51. The Bertz CT molecular complexity index is 564. The van der Waals surface area contributed by atoms with Crippen molar-refractivity contribution >= 4 is 11.6 Å². The van der Waals surface area contributed by atoms with Gasteiger partial charge in [0, 0.05) is 0 Å². The van der Waals surface area contributed by atoms with Gasteiger partial charge in [-0.3, -0.25) is 0 Å². The lowest BCUT2D eigenvalue weighted by Gasteiger charge is -2.13. The quantitative estimate of drug-likeness (QED) is 0.699. The number of rotatable bonds is 6. The van der Waals surface area contributed by atoms with Crippen LogP contribution < -0.4 is 9.47 Å². The van der Waals surface area contributed by atoms with E-state index in [0.29, 0.717) is 0 Å². The molecule has 112 valence electrons. The van der Waals surface area contributed by atoms with Crippen LogP contribution in [0.2, 0.25) is 0 Å². The van der Waals surface area contributed by atoms with Crippen LogP contribution in [0, 0.1) is 0 Å². The molecule has 0 fully saturated rings. The van der Waals surface area contributed by atoms with Gasteiger partial charge in [0.25, 0.3) is 0 Å². The highest BCUT2D eigenvalue weighted by Crippen LogP contribution is 2.28. The van der Waals surface area contributed by atoms with E-state index in [-0.39, 0.29) is 11.5 Å². The molecule has 21 heavy (non-hydrogen) atoms. The van der Waals surface area contributed by atoms with Crippen molar-refractivity contribution in [1.29, 1.82) is 0 Å². The number of alkyl halides is 1. The molecule has 0 heterocycles. The molecular weight excluding hydrogens is 284 g/mol. The second kappa shape index (κ2) is 7.37. The summed E-state index contributed by atoms with van der Waals surface area (Å²) in [6.07, 6.45) is 0.947. The van der Waals surface area contributed by atoms with Crippen LogP contribution >= 0.6 is 11.6 Å². The summed E-state index contributed by atoms with van der Waals surface area (Å²) in [6, 6.07) is 16.0. The van der Waals surface area contributed by atoms with Gasteiger partial charge in [-0.05, 0) is 55.7 Å². The molecule has 0 spiro atoms. The summed E-state index contributed by atoms with van der Waals surface area (Å²) in [5.41, 5.74) is 2.26. The second-order valence-electron chi connectivity index (χ2n) is 5.26. The lowest BCUT2D eigenvalue weighted by Crippen LogP contribution is -2.05. The number of ether oxygens (including phenoxy) is 2. The van der Waals surface area contributed by atoms with Crippen LogP contribution in [-0.2, 0) is 6.42 Å². The van der Waals surface area contributed by atoms with E-state index in [1.54, 1.807) is 7.11 Å². The standard InChI is InChI=1S/C18H21ClO2/c1-13(2)21-16-9-7-15(8-10-16)18(19)12-14-5-4-6-17(11-14)20-3/h4-11,13,18H,12H2,1-3H3. The van der Waals surface area contributed by atoms with Crippen molar-refractivity contribution in [2.45, 2.75) is 31.7 Å². The third-order valence-corrected chi connectivity index (χ3v) is 3.57. The Kier molecular flexibility index (Phi) is 5.51. The smallest absolute Gasteiger partial charge is 0.119 e. The zero-order valence-electron chi connectivity index (χ0n) is 12.7. The fourth-order valence-electron chi connectivity index (χ4n) is 2.15. The van der Waals surface area contributed by atoms with Crippen LogP contribution in [0.5, 0.6) is 11.5 Å². The van der Waals surface area contributed by atoms with Crippen molar-refractivity contribution in [3.8, 4) is 11.5 Å². The normalized spacial score (nSPS) is 12.2. The van der Waals surface area contributed by atoms with Gasteiger partial charge in [0.05, 0.1) is 18.6 Å². The molecule has 0 aliphatic rings.